The van der Waals surface area contributed by atoms with Gasteiger partial charge in [0, 0.05) is 43.7 Å². The van der Waals surface area contributed by atoms with E-state index in [1.165, 1.54) is 92.2 Å². The number of hydrogen-bond donors (Lipinski definition) is 0. The topological polar surface area (TPSA) is 32.8 Å². The molecule has 0 bridgehead atoms. The van der Waals surface area contributed by atoms with Crippen molar-refractivity contribution in [3.05, 3.63) is 71.4 Å². The molecule has 1 aliphatic heterocycles. The number of carbonyl (C=O) groups excluding carboxylic acids is 1. The minimum atomic E-state index is -0.177. The van der Waals surface area contributed by atoms with Crippen molar-refractivity contribution in [2.24, 2.45) is 11.8 Å². The van der Waals surface area contributed by atoms with Crippen LogP contribution in [0.1, 0.15) is 81.8 Å². The van der Waals surface area contributed by atoms with Gasteiger partial charge in [-0.15, -0.1) is 0 Å². The maximum atomic E-state index is 13.4. The fourth-order valence-corrected chi connectivity index (χ4v) is 7.57. The smallest absolute Gasteiger partial charge is 0.410 e. The van der Waals surface area contributed by atoms with Gasteiger partial charge < -0.3 is 14.5 Å². The van der Waals surface area contributed by atoms with E-state index in [2.05, 4.69) is 66.6 Å². The molecule has 0 saturated heterocycles. The largest absolute Gasteiger partial charge is 0.448 e. The maximum Gasteiger partial charge on any atom is 0.410 e. The van der Waals surface area contributed by atoms with Gasteiger partial charge in [0.05, 0.1) is 0 Å². The highest BCUT2D eigenvalue weighted by Crippen LogP contribution is 2.45. The molecule has 2 aromatic carbocycles. The second-order valence-electron chi connectivity index (χ2n) is 11.7. The third kappa shape index (κ3) is 4.92. The molecule has 0 radical (unpaired) electrons. The highest BCUT2D eigenvalue weighted by atomic mass is 16.6. The van der Waals surface area contributed by atoms with Crippen LogP contribution in [0.2, 0.25) is 0 Å². The Hall–Kier alpha value is -2.75. The van der Waals surface area contributed by atoms with Gasteiger partial charge in [-0.3, -0.25) is 0 Å². The summed E-state index contributed by atoms with van der Waals surface area (Å²) in [6.07, 6.45) is 14.5. The average molecular weight is 499 g/mol. The number of hydrogen-bond acceptors (Lipinski definition) is 3. The number of benzene rings is 2. The molecule has 2 saturated carbocycles. The molecule has 2 fully saturated rings. The molecule has 0 aromatic heterocycles. The first-order valence-electron chi connectivity index (χ1n) is 14.8. The molecular formula is C33H42N2O2. The molecule has 6 rings (SSSR count). The van der Waals surface area contributed by atoms with Crippen molar-refractivity contribution in [1.29, 1.82) is 0 Å². The molecule has 2 aromatic rings. The van der Waals surface area contributed by atoms with Crippen LogP contribution in [0.5, 0.6) is 0 Å². The zero-order valence-corrected chi connectivity index (χ0v) is 22.4. The Morgan fingerprint density at radius 3 is 2.24 bits per heavy atom. The zero-order valence-electron chi connectivity index (χ0n) is 22.4. The van der Waals surface area contributed by atoms with E-state index in [9.17, 15) is 4.79 Å². The van der Waals surface area contributed by atoms with Crippen LogP contribution in [0.25, 0.3) is 11.1 Å². The van der Waals surface area contributed by atoms with E-state index in [1.807, 2.05) is 4.90 Å². The molecule has 1 heterocycles. The highest BCUT2D eigenvalue weighted by molar-refractivity contribution is 5.79. The Kier molecular flexibility index (Phi) is 7.26. The quantitative estimate of drug-likeness (QED) is 0.394. The Morgan fingerprint density at radius 1 is 0.892 bits per heavy atom. The molecule has 0 spiro atoms. The molecule has 0 N–H and O–H groups in total. The van der Waals surface area contributed by atoms with Crippen LogP contribution in [0.4, 0.5) is 4.79 Å². The first-order valence-corrected chi connectivity index (χ1v) is 14.8. The van der Waals surface area contributed by atoms with Gasteiger partial charge >= 0.3 is 6.09 Å². The molecular weight excluding hydrogens is 456 g/mol. The summed E-state index contributed by atoms with van der Waals surface area (Å²) in [5.74, 6) is 1.55. The molecule has 4 aliphatic rings. The van der Waals surface area contributed by atoms with Crippen LogP contribution in [-0.4, -0.2) is 48.2 Å². The molecule has 37 heavy (non-hydrogen) atoms. The third-order valence-electron chi connectivity index (χ3n) is 9.51. The van der Waals surface area contributed by atoms with Crippen molar-refractivity contribution in [1.82, 2.24) is 9.80 Å². The molecule has 4 heteroatoms. The Morgan fingerprint density at radius 2 is 1.54 bits per heavy atom. The Labute approximate surface area is 222 Å². The molecule has 4 nitrogen and oxygen atoms in total. The monoisotopic (exact) mass is 498 g/mol. The van der Waals surface area contributed by atoms with E-state index < -0.39 is 0 Å². The number of fused-ring (bicyclic) bond motifs is 4. The van der Waals surface area contributed by atoms with Crippen LogP contribution in [0.3, 0.4) is 0 Å². The zero-order chi connectivity index (χ0) is 25.2. The van der Waals surface area contributed by atoms with Crippen LogP contribution >= 0.6 is 0 Å². The number of nitrogens with zero attached hydrogens (tertiary/aromatic N) is 2. The van der Waals surface area contributed by atoms with Gasteiger partial charge in [0.15, 0.2) is 0 Å². The molecule has 3 aliphatic carbocycles. The fraction of sp³-hybridized carbons (Fsp3) is 0.545. The van der Waals surface area contributed by atoms with Gasteiger partial charge in [-0.05, 0) is 66.4 Å². The number of likely N-dealkylation sites (N-methyl/N-ethyl adjacent to an activating group) is 1. The van der Waals surface area contributed by atoms with Gasteiger partial charge in [0.25, 0.3) is 0 Å². The lowest BCUT2D eigenvalue weighted by molar-refractivity contribution is 0.103. The van der Waals surface area contributed by atoms with Crippen molar-refractivity contribution >= 4 is 6.09 Å². The Bertz CT molecular complexity index is 1090. The Balaban J connectivity index is 1.13. The standard InChI is InChI=1S/C33H42N2O2/c1-2-34(21-25-22-35(20-24-12-4-3-5-13-24)32-19-11-10-14-26(25)32)33(36)37-23-31-29-17-8-6-15-27(29)28-16-7-9-18-30(28)31/h6-9,15-18,22,24,26,31-32H,2-5,10-14,19-21,23H2,1H3. The summed E-state index contributed by atoms with van der Waals surface area (Å²) in [6.45, 7) is 5.06. The van der Waals surface area contributed by atoms with Crippen molar-refractivity contribution < 1.29 is 9.53 Å². The predicted octanol–water partition coefficient (Wildman–Crippen LogP) is 7.60. The summed E-state index contributed by atoms with van der Waals surface area (Å²) in [5, 5.41) is 0. The second-order valence-corrected chi connectivity index (χ2v) is 11.7. The van der Waals surface area contributed by atoms with Crippen molar-refractivity contribution in [2.75, 3.05) is 26.2 Å². The molecule has 2 unspecified atom stereocenters. The van der Waals surface area contributed by atoms with Crippen molar-refractivity contribution in [3.63, 3.8) is 0 Å². The minimum Gasteiger partial charge on any atom is -0.448 e. The number of carbonyl (C=O) groups is 1. The summed E-state index contributed by atoms with van der Waals surface area (Å²) in [5.41, 5.74) is 6.52. The lowest BCUT2D eigenvalue weighted by Gasteiger charge is -2.37. The molecule has 1 amide bonds. The van der Waals surface area contributed by atoms with Crippen molar-refractivity contribution in [2.45, 2.75) is 76.7 Å². The number of ether oxygens (including phenoxy) is 1. The first kappa shape index (κ1) is 24.6. The average Bonchev–Trinajstić information content (AvgIpc) is 3.46. The lowest BCUT2D eigenvalue weighted by Crippen LogP contribution is -2.39. The van der Waals surface area contributed by atoms with Gasteiger partial charge in [0.1, 0.15) is 6.61 Å². The third-order valence-corrected chi connectivity index (χ3v) is 9.51. The van der Waals surface area contributed by atoms with Crippen molar-refractivity contribution in [3.8, 4) is 11.1 Å². The van der Waals surface area contributed by atoms with Gasteiger partial charge in [-0.2, -0.15) is 0 Å². The summed E-state index contributed by atoms with van der Waals surface area (Å²) >= 11 is 0. The van der Waals surface area contributed by atoms with E-state index in [1.54, 1.807) is 0 Å². The van der Waals surface area contributed by atoms with E-state index in [0.717, 1.165) is 5.92 Å². The highest BCUT2D eigenvalue weighted by Gasteiger charge is 2.38. The summed E-state index contributed by atoms with van der Waals surface area (Å²) in [4.78, 5) is 18.0. The van der Waals surface area contributed by atoms with Gasteiger partial charge in [0.2, 0.25) is 0 Å². The second kappa shape index (κ2) is 10.9. The minimum absolute atomic E-state index is 0.106. The predicted molar refractivity (Wildman–Crippen MR) is 149 cm³/mol. The van der Waals surface area contributed by atoms with Gasteiger partial charge in [-0.25, -0.2) is 4.79 Å². The summed E-state index contributed by atoms with van der Waals surface area (Å²) in [7, 11) is 0. The summed E-state index contributed by atoms with van der Waals surface area (Å²) in [6, 6.07) is 17.7. The first-order chi connectivity index (χ1) is 18.2. The van der Waals surface area contributed by atoms with E-state index in [-0.39, 0.29) is 12.0 Å². The van der Waals surface area contributed by atoms with Crippen LogP contribution in [0.15, 0.2) is 60.3 Å². The van der Waals surface area contributed by atoms with Crippen LogP contribution in [0, 0.1) is 11.8 Å². The SMILES string of the molecule is CCN(CC1=CN(CC2CCCCC2)C2CCCCC12)C(=O)OCC1c2ccccc2-c2ccccc21. The van der Waals surface area contributed by atoms with E-state index in [4.69, 9.17) is 4.74 Å². The summed E-state index contributed by atoms with van der Waals surface area (Å²) < 4.78 is 6.03. The maximum absolute atomic E-state index is 13.4. The van der Waals surface area contributed by atoms with Crippen LogP contribution < -0.4 is 0 Å². The fourth-order valence-electron chi connectivity index (χ4n) is 7.57. The number of rotatable bonds is 7. The lowest BCUT2D eigenvalue weighted by atomic mass is 9.81. The molecule has 196 valence electrons. The van der Waals surface area contributed by atoms with E-state index >= 15 is 0 Å². The molecule has 2 atom stereocenters. The van der Waals surface area contributed by atoms with Crippen LogP contribution in [-0.2, 0) is 4.74 Å². The normalized spacial score (nSPS) is 23.3. The van der Waals surface area contributed by atoms with E-state index in [0.29, 0.717) is 31.7 Å². The van der Waals surface area contributed by atoms with Gasteiger partial charge in [-0.1, -0.05) is 80.6 Å². The number of amides is 1.